The van der Waals surface area contributed by atoms with E-state index in [1.807, 2.05) is 36.4 Å². The van der Waals surface area contributed by atoms with Crippen LogP contribution in [-0.4, -0.2) is 26.3 Å². The topological polar surface area (TPSA) is 69.2 Å². The van der Waals surface area contributed by atoms with Crippen LogP contribution in [0.4, 0.5) is 0 Å². The van der Waals surface area contributed by atoms with Crippen LogP contribution >= 0.6 is 15.9 Å². The number of nitrogens with one attached hydrogen (secondary N) is 1. The summed E-state index contributed by atoms with van der Waals surface area (Å²) >= 11 is 3.56. The van der Waals surface area contributed by atoms with Crippen molar-refractivity contribution in [2.24, 2.45) is 5.10 Å². The lowest BCUT2D eigenvalue weighted by atomic mass is 10.1. The van der Waals surface area contributed by atoms with Crippen LogP contribution in [0.5, 0.6) is 17.2 Å². The van der Waals surface area contributed by atoms with Crippen LogP contribution in [0.25, 0.3) is 10.8 Å². The molecule has 0 aliphatic carbocycles. The molecule has 0 spiro atoms. The van der Waals surface area contributed by atoms with E-state index in [0.717, 1.165) is 21.3 Å². The molecule has 0 radical (unpaired) electrons. The minimum absolute atomic E-state index is 0.355. The molecule has 0 atom stereocenters. The summed E-state index contributed by atoms with van der Waals surface area (Å²) in [6.45, 7) is 0.453. The Bertz CT molecular complexity index is 1350. The van der Waals surface area contributed by atoms with E-state index in [0.29, 0.717) is 23.7 Å². The van der Waals surface area contributed by atoms with Gasteiger partial charge in [0.25, 0.3) is 5.91 Å². The maximum absolute atomic E-state index is 12.4. The van der Waals surface area contributed by atoms with Gasteiger partial charge in [0.2, 0.25) is 0 Å². The van der Waals surface area contributed by atoms with Crippen LogP contribution in [0.3, 0.4) is 0 Å². The van der Waals surface area contributed by atoms with Crippen molar-refractivity contribution in [1.29, 1.82) is 0 Å². The van der Waals surface area contributed by atoms with Gasteiger partial charge in [-0.25, -0.2) is 5.43 Å². The van der Waals surface area contributed by atoms with Crippen LogP contribution in [-0.2, 0) is 6.61 Å². The highest BCUT2D eigenvalue weighted by Crippen LogP contribution is 2.28. The summed E-state index contributed by atoms with van der Waals surface area (Å²) in [5.74, 6) is 1.39. The summed E-state index contributed by atoms with van der Waals surface area (Å²) < 4.78 is 17.3. The highest BCUT2D eigenvalue weighted by Gasteiger charge is 2.10. The smallest absolute Gasteiger partial charge is 0.271 e. The summed E-state index contributed by atoms with van der Waals surface area (Å²) in [5.41, 5.74) is 4.85. The van der Waals surface area contributed by atoms with Crippen molar-refractivity contribution >= 4 is 38.8 Å². The Kier molecular flexibility index (Phi) is 7.44. The second-order valence-electron chi connectivity index (χ2n) is 7.39. The first-order valence-electron chi connectivity index (χ1n) is 10.5. The lowest BCUT2D eigenvalue weighted by Crippen LogP contribution is -2.17. The third kappa shape index (κ3) is 5.38. The molecule has 6 nitrogen and oxygen atoms in total. The lowest BCUT2D eigenvalue weighted by molar-refractivity contribution is 0.0954. The SMILES string of the molecule is COc1ccc(C(=O)N/N=C/c2ccc(OCc3cccc4ccccc34)c(Br)c2)cc1OC. The van der Waals surface area contributed by atoms with E-state index in [4.69, 9.17) is 14.2 Å². The zero-order valence-electron chi connectivity index (χ0n) is 18.7. The van der Waals surface area contributed by atoms with E-state index < -0.39 is 0 Å². The Balaban J connectivity index is 1.38. The van der Waals surface area contributed by atoms with Crippen molar-refractivity contribution in [3.8, 4) is 17.2 Å². The Morgan fingerprint density at radius 3 is 2.47 bits per heavy atom. The molecule has 172 valence electrons. The summed E-state index contributed by atoms with van der Waals surface area (Å²) in [6, 6.07) is 25.0. The molecule has 0 heterocycles. The molecule has 0 aliphatic rings. The first-order chi connectivity index (χ1) is 16.6. The Morgan fingerprint density at radius 1 is 0.912 bits per heavy atom. The van der Waals surface area contributed by atoms with E-state index >= 15 is 0 Å². The largest absolute Gasteiger partial charge is 0.493 e. The van der Waals surface area contributed by atoms with Crippen molar-refractivity contribution in [3.63, 3.8) is 0 Å². The molecule has 0 unspecified atom stereocenters. The van der Waals surface area contributed by atoms with Gasteiger partial charge in [-0.1, -0.05) is 42.5 Å². The quantitative estimate of drug-likeness (QED) is 0.230. The monoisotopic (exact) mass is 518 g/mol. The molecule has 1 N–H and O–H groups in total. The fourth-order valence-corrected chi connectivity index (χ4v) is 4.01. The number of amides is 1. The van der Waals surface area contributed by atoms with Crippen molar-refractivity contribution in [3.05, 3.63) is 100 Å². The van der Waals surface area contributed by atoms with E-state index in [1.165, 1.54) is 17.9 Å². The van der Waals surface area contributed by atoms with Gasteiger partial charge >= 0.3 is 0 Å². The Hall–Kier alpha value is -3.84. The predicted octanol–water partition coefficient (Wildman–Crippen LogP) is 5.96. The number of carbonyl (C=O) groups excluding carboxylic acids is 1. The number of methoxy groups -OCH3 is 2. The van der Waals surface area contributed by atoms with Crippen molar-refractivity contribution < 1.29 is 19.0 Å². The van der Waals surface area contributed by atoms with Crippen molar-refractivity contribution in [2.75, 3.05) is 14.2 Å². The van der Waals surface area contributed by atoms with Gasteiger partial charge in [0.05, 0.1) is 24.9 Å². The third-order valence-corrected chi connectivity index (χ3v) is 5.86. The van der Waals surface area contributed by atoms with Crippen molar-refractivity contribution in [2.45, 2.75) is 6.61 Å². The average Bonchev–Trinajstić information content (AvgIpc) is 2.87. The molecular weight excluding hydrogens is 496 g/mol. The van der Waals surface area contributed by atoms with Gasteiger partial charge in [-0.05, 0) is 74.2 Å². The molecular formula is C27H23BrN2O4. The number of benzene rings is 4. The number of ether oxygens (including phenoxy) is 3. The predicted molar refractivity (Wildman–Crippen MR) is 137 cm³/mol. The molecule has 0 bridgehead atoms. The third-order valence-electron chi connectivity index (χ3n) is 5.24. The number of hydrazone groups is 1. The molecule has 0 aliphatic heterocycles. The molecule has 0 aromatic heterocycles. The summed E-state index contributed by atoms with van der Waals surface area (Å²) in [6.07, 6.45) is 1.57. The van der Waals surface area contributed by atoms with Gasteiger partial charge in [0.1, 0.15) is 12.4 Å². The molecule has 4 rings (SSSR count). The Labute approximate surface area is 206 Å². The number of halogens is 1. The summed E-state index contributed by atoms with van der Waals surface area (Å²) in [5, 5.41) is 6.42. The molecule has 0 saturated carbocycles. The van der Waals surface area contributed by atoms with E-state index in [-0.39, 0.29) is 5.91 Å². The number of rotatable bonds is 8. The molecule has 0 saturated heterocycles. The maximum Gasteiger partial charge on any atom is 0.271 e. The summed E-state index contributed by atoms with van der Waals surface area (Å²) in [4.78, 5) is 12.4. The van der Waals surface area contributed by atoms with Crippen molar-refractivity contribution in [1.82, 2.24) is 5.43 Å². The van der Waals surface area contributed by atoms with Gasteiger partial charge in [-0.3, -0.25) is 4.79 Å². The minimum atomic E-state index is -0.355. The lowest BCUT2D eigenvalue weighted by Gasteiger charge is -2.11. The molecule has 7 heteroatoms. The van der Waals surface area contributed by atoms with Gasteiger partial charge in [-0.15, -0.1) is 0 Å². The number of carbonyl (C=O) groups is 1. The number of hydrogen-bond donors (Lipinski definition) is 1. The normalized spacial score (nSPS) is 10.9. The van der Waals surface area contributed by atoms with E-state index in [1.54, 1.807) is 31.5 Å². The minimum Gasteiger partial charge on any atom is -0.493 e. The standard InChI is InChI=1S/C27H23BrN2O4/c1-32-25-13-11-20(15-26(25)33-2)27(31)30-29-16-18-10-12-24(23(28)14-18)34-17-21-8-5-7-19-6-3-4-9-22(19)21/h3-16H,17H2,1-2H3,(H,30,31)/b29-16+. The van der Waals surface area contributed by atoms with E-state index in [9.17, 15) is 4.79 Å². The highest BCUT2D eigenvalue weighted by molar-refractivity contribution is 9.10. The fraction of sp³-hybridized carbons (Fsp3) is 0.111. The Morgan fingerprint density at radius 2 is 1.68 bits per heavy atom. The zero-order valence-corrected chi connectivity index (χ0v) is 20.3. The van der Waals surface area contributed by atoms with Gasteiger partial charge in [0, 0.05) is 5.56 Å². The molecule has 4 aromatic rings. The van der Waals surface area contributed by atoms with E-state index in [2.05, 4.69) is 50.7 Å². The molecule has 0 fully saturated rings. The maximum atomic E-state index is 12.4. The molecule has 1 amide bonds. The molecule has 34 heavy (non-hydrogen) atoms. The van der Waals surface area contributed by atoms with Gasteiger partial charge in [0.15, 0.2) is 11.5 Å². The second kappa shape index (κ2) is 10.9. The average molecular weight is 519 g/mol. The fourth-order valence-electron chi connectivity index (χ4n) is 3.50. The number of hydrogen-bond acceptors (Lipinski definition) is 5. The van der Waals surface area contributed by atoms with Crippen LogP contribution in [0.2, 0.25) is 0 Å². The second-order valence-corrected chi connectivity index (χ2v) is 8.24. The first kappa shape index (κ1) is 23.3. The first-order valence-corrected chi connectivity index (χ1v) is 11.3. The van der Waals surface area contributed by atoms with Gasteiger partial charge in [-0.2, -0.15) is 5.10 Å². The number of nitrogens with zero attached hydrogens (tertiary/aromatic N) is 1. The zero-order chi connectivity index (χ0) is 23.9. The summed E-state index contributed by atoms with van der Waals surface area (Å²) in [7, 11) is 3.06. The van der Waals surface area contributed by atoms with Crippen LogP contribution in [0.15, 0.2) is 88.4 Å². The van der Waals surface area contributed by atoms with Crippen LogP contribution in [0.1, 0.15) is 21.5 Å². The molecule has 4 aromatic carbocycles. The van der Waals surface area contributed by atoms with Crippen LogP contribution in [0, 0.1) is 0 Å². The van der Waals surface area contributed by atoms with Gasteiger partial charge < -0.3 is 14.2 Å². The van der Waals surface area contributed by atoms with Crippen LogP contribution < -0.4 is 19.6 Å². The highest BCUT2D eigenvalue weighted by atomic mass is 79.9. The number of fused-ring (bicyclic) bond motifs is 1.